The zero-order valence-electron chi connectivity index (χ0n) is 9.25. The molecule has 2 unspecified atom stereocenters. The number of benzene rings is 1. The molecule has 4 heteroatoms. The van der Waals surface area contributed by atoms with E-state index in [2.05, 4.69) is 5.32 Å². The maximum atomic E-state index is 12.0. The van der Waals surface area contributed by atoms with Gasteiger partial charge in [0.15, 0.2) is 0 Å². The van der Waals surface area contributed by atoms with E-state index in [1.54, 1.807) is 18.2 Å². The molecular weight excluding hydrogens is 257 g/mol. The molecule has 1 aromatic rings. The fraction of sp³-hybridized carbons (Fsp3) is 0.462. The van der Waals surface area contributed by atoms with Gasteiger partial charge in [0.05, 0.1) is 10.7 Å². The van der Waals surface area contributed by atoms with Crippen LogP contribution < -0.4 is 5.32 Å². The van der Waals surface area contributed by atoms with Crippen LogP contribution in [-0.4, -0.2) is 5.91 Å². The summed E-state index contributed by atoms with van der Waals surface area (Å²) in [7, 11) is 0. The van der Waals surface area contributed by atoms with Crippen LogP contribution in [0, 0.1) is 17.8 Å². The average molecular weight is 270 g/mol. The van der Waals surface area contributed by atoms with Crippen molar-refractivity contribution in [1.29, 1.82) is 0 Å². The molecule has 0 aromatic heterocycles. The molecule has 0 spiro atoms. The summed E-state index contributed by atoms with van der Waals surface area (Å²) in [6.07, 6.45) is 3.39. The molecule has 2 atom stereocenters. The Morgan fingerprint density at radius 2 is 1.88 bits per heavy atom. The molecule has 0 heterocycles. The van der Waals surface area contributed by atoms with Gasteiger partial charge in [0, 0.05) is 10.9 Å². The second-order valence-electron chi connectivity index (χ2n) is 5.04. The van der Waals surface area contributed by atoms with Crippen LogP contribution in [0.3, 0.4) is 0 Å². The number of hydrogen-bond acceptors (Lipinski definition) is 1. The van der Waals surface area contributed by atoms with Gasteiger partial charge < -0.3 is 5.32 Å². The molecule has 3 rings (SSSR count). The highest BCUT2D eigenvalue weighted by Gasteiger charge is 2.47. The van der Waals surface area contributed by atoms with Crippen LogP contribution in [0.2, 0.25) is 10.0 Å². The first-order valence-electron chi connectivity index (χ1n) is 5.89. The van der Waals surface area contributed by atoms with Gasteiger partial charge in [0.25, 0.3) is 0 Å². The lowest BCUT2D eigenvalue weighted by atomic mass is 10.0. The van der Waals surface area contributed by atoms with E-state index in [0.29, 0.717) is 15.7 Å². The minimum Gasteiger partial charge on any atom is -0.324 e. The molecule has 2 aliphatic rings. The second kappa shape index (κ2) is 4.18. The Labute approximate surface area is 110 Å². The minimum absolute atomic E-state index is 0.0846. The molecule has 0 radical (unpaired) electrons. The Balaban J connectivity index is 1.69. The molecule has 2 fully saturated rings. The first kappa shape index (κ1) is 11.4. The summed E-state index contributed by atoms with van der Waals surface area (Å²) in [6.45, 7) is 0. The average Bonchev–Trinajstić information content (AvgIpc) is 2.91. The van der Waals surface area contributed by atoms with Crippen molar-refractivity contribution in [3.63, 3.8) is 0 Å². The van der Waals surface area contributed by atoms with Gasteiger partial charge in [-0.25, -0.2) is 0 Å². The Bertz CT molecular complexity index is 464. The highest BCUT2D eigenvalue weighted by atomic mass is 35.5. The van der Waals surface area contributed by atoms with Gasteiger partial charge in [0.1, 0.15) is 0 Å². The summed E-state index contributed by atoms with van der Waals surface area (Å²) in [5.74, 6) is 1.86. The largest absolute Gasteiger partial charge is 0.324 e. The molecule has 1 aromatic carbocycles. The van der Waals surface area contributed by atoms with Crippen molar-refractivity contribution in [1.82, 2.24) is 0 Å². The molecule has 1 amide bonds. The number of fused-ring (bicyclic) bond motifs is 1. The number of carbonyl (C=O) groups is 1. The van der Waals surface area contributed by atoms with E-state index in [-0.39, 0.29) is 11.8 Å². The summed E-state index contributed by atoms with van der Waals surface area (Å²) < 4.78 is 0. The zero-order valence-corrected chi connectivity index (χ0v) is 10.8. The lowest BCUT2D eigenvalue weighted by Gasteiger charge is -2.13. The third-order valence-electron chi connectivity index (χ3n) is 3.80. The predicted octanol–water partition coefficient (Wildman–Crippen LogP) is 3.98. The van der Waals surface area contributed by atoms with Crippen molar-refractivity contribution in [2.75, 3.05) is 5.32 Å². The maximum Gasteiger partial charge on any atom is 0.227 e. The number of carbonyl (C=O) groups excluding carboxylic acids is 1. The van der Waals surface area contributed by atoms with Crippen LogP contribution in [0.4, 0.5) is 5.69 Å². The molecule has 17 heavy (non-hydrogen) atoms. The molecule has 2 saturated carbocycles. The van der Waals surface area contributed by atoms with Crippen LogP contribution in [0.15, 0.2) is 18.2 Å². The summed E-state index contributed by atoms with van der Waals surface area (Å²) in [4.78, 5) is 12.0. The smallest absolute Gasteiger partial charge is 0.227 e. The molecule has 0 saturated heterocycles. The third-order valence-corrected chi connectivity index (χ3v) is 4.37. The Kier molecular flexibility index (Phi) is 2.80. The van der Waals surface area contributed by atoms with Crippen LogP contribution in [0.1, 0.15) is 19.3 Å². The third kappa shape index (κ3) is 2.29. The summed E-state index contributed by atoms with van der Waals surface area (Å²) in [6, 6.07) is 5.10. The fourth-order valence-electron chi connectivity index (χ4n) is 2.76. The summed E-state index contributed by atoms with van der Waals surface area (Å²) in [5.41, 5.74) is 0.616. The van der Waals surface area contributed by atoms with Crippen LogP contribution >= 0.6 is 23.2 Å². The van der Waals surface area contributed by atoms with Gasteiger partial charge in [-0.3, -0.25) is 4.79 Å². The van der Waals surface area contributed by atoms with Crippen LogP contribution in [0.5, 0.6) is 0 Å². The highest BCUT2D eigenvalue weighted by molar-refractivity contribution is 6.35. The van der Waals surface area contributed by atoms with E-state index in [4.69, 9.17) is 23.2 Å². The standard InChI is InChI=1S/C13H13Cl2NO/c14-10-1-2-11(15)12(6-10)16-13(17)9-4-7-3-8(7)5-9/h1-2,6-9H,3-5H2,(H,16,17). The zero-order chi connectivity index (χ0) is 12.0. The molecule has 2 nitrogen and oxygen atoms in total. The van der Waals surface area contributed by atoms with E-state index in [1.807, 2.05) is 0 Å². The number of hydrogen-bond donors (Lipinski definition) is 1. The normalized spacial score (nSPS) is 29.9. The van der Waals surface area contributed by atoms with E-state index in [1.165, 1.54) is 6.42 Å². The first-order chi connectivity index (χ1) is 8.13. The fourth-order valence-corrected chi connectivity index (χ4v) is 3.09. The van der Waals surface area contributed by atoms with Crippen molar-refractivity contribution < 1.29 is 4.79 Å². The van der Waals surface area contributed by atoms with E-state index < -0.39 is 0 Å². The van der Waals surface area contributed by atoms with E-state index in [9.17, 15) is 4.79 Å². The molecule has 0 bridgehead atoms. The lowest BCUT2D eigenvalue weighted by Crippen LogP contribution is -2.21. The molecule has 90 valence electrons. The topological polar surface area (TPSA) is 29.1 Å². The molecular formula is C13H13Cl2NO. The monoisotopic (exact) mass is 269 g/mol. The quantitative estimate of drug-likeness (QED) is 0.865. The van der Waals surface area contributed by atoms with Gasteiger partial charge in [-0.15, -0.1) is 0 Å². The van der Waals surface area contributed by atoms with Crippen molar-refractivity contribution in [2.24, 2.45) is 17.8 Å². The van der Waals surface area contributed by atoms with Gasteiger partial charge in [-0.2, -0.15) is 0 Å². The van der Waals surface area contributed by atoms with E-state index >= 15 is 0 Å². The summed E-state index contributed by atoms with van der Waals surface area (Å²) >= 11 is 11.9. The highest BCUT2D eigenvalue weighted by Crippen LogP contribution is 2.54. The van der Waals surface area contributed by atoms with Gasteiger partial charge >= 0.3 is 0 Å². The van der Waals surface area contributed by atoms with Crippen molar-refractivity contribution >= 4 is 34.8 Å². The van der Waals surface area contributed by atoms with Crippen LogP contribution in [0.25, 0.3) is 0 Å². The van der Waals surface area contributed by atoms with Crippen molar-refractivity contribution in [3.8, 4) is 0 Å². The Morgan fingerprint density at radius 3 is 2.59 bits per heavy atom. The number of rotatable bonds is 2. The maximum absolute atomic E-state index is 12.0. The molecule has 1 N–H and O–H groups in total. The minimum atomic E-state index is 0.0846. The predicted molar refractivity (Wildman–Crippen MR) is 69.4 cm³/mol. The SMILES string of the molecule is O=C(Nc1cc(Cl)ccc1Cl)C1CC2CC2C1. The van der Waals surface area contributed by atoms with Crippen LogP contribution in [-0.2, 0) is 4.79 Å². The van der Waals surface area contributed by atoms with Crippen molar-refractivity contribution in [2.45, 2.75) is 19.3 Å². The Hall–Kier alpha value is -0.730. The number of amides is 1. The van der Waals surface area contributed by atoms with Crippen molar-refractivity contribution in [3.05, 3.63) is 28.2 Å². The number of nitrogens with one attached hydrogen (secondary N) is 1. The molecule has 2 aliphatic carbocycles. The number of halogens is 2. The Morgan fingerprint density at radius 1 is 1.18 bits per heavy atom. The lowest BCUT2D eigenvalue weighted by molar-refractivity contribution is -0.120. The van der Waals surface area contributed by atoms with Gasteiger partial charge in [0.2, 0.25) is 5.91 Å². The van der Waals surface area contributed by atoms with E-state index in [0.717, 1.165) is 24.7 Å². The van der Waals surface area contributed by atoms with Gasteiger partial charge in [-0.1, -0.05) is 23.2 Å². The first-order valence-corrected chi connectivity index (χ1v) is 6.65. The molecule has 0 aliphatic heterocycles. The summed E-state index contributed by atoms with van der Waals surface area (Å²) in [5, 5.41) is 3.99. The second-order valence-corrected chi connectivity index (χ2v) is 5.88. The number of anilines is 1. The van der Waals surface area contributed by atoms with Gasteiger partial charge in [-0.05, 0) is 49.3 Å².